The molecule has 0 spiro atoms. The summed E-state index contributed by atoms with van der Waals surface area (Å²) in [5.74, 6) is -1.11. The average Bonchev–Trinajstić information content (AvgIpc) is 3.04. The van der Waals surface area contributed by atoms with Crippen molar-refractivity contribution in [1.29, 1.82) is 0 Å². The molecule has 0 bridgehead atoms. The number of nitrogens with one attached hydrogen (secondary N) is 2. The van der Waals surface area contributed by atoms with E-state index in [9.17, 15) is 14.4 Å². The summed E-state index contributed by atoms with van der Waals surface area (Å²) in [6.07, 6.45) is 1.30. The lowest BCUT2D eigenvalue weighted by molar-refractivity contribution is -0.119. The van der Waals surface area contributed by atoms with Gasteiger partial charge in [-0.15, -0.1) is 0 Å². The minimum absolute atomic E-state index is 0.0959. The minimum Gasteiger partial charge on any atom is -0.452 e. The standard InChI is InChI=1S/C15H11N3O5/c19-13-7-10(9-3-1-2-4-11(9)16-13)15(21)22-8-14(20)17-12-5-6-23-18-12/h1-7H,8H2,(H,16,19)(H,17,18,20). The average molecular weight is 313 g/mol. The molecule has 0 atom stereocenters. The molecule has 0 aliphatic rings. The van der Waals surface area contributed by atoms with Crippen LogP contribution >= 0.6 is 0 Å². The van der Waals surface area contributed by atoms with Crippen LogP contribution in [0.3, 0.4) is 0 Å². The van der Waals surface area contributed by atoms with Crippen molar-refractivity contribution in [2.24, 2.45) is 0 Å². The molecule has 3 rings (SSSR count). The summed E-state index contributed by atoms with van der Waals surface area (Å²) >= 11 is 0. The first-order chi connectivity index (χ1) is 11.1. The Bertz CT molecular complexity index is 914. The highest BCUT2D eigenvalue weighted by Crippen LogP contribution is 2.15. The van der Waals surface area contributed by atoms with Gasteiger partial charge in [0, 0.05) is 23.0 Å². The van der Waals surface area contributed by atoms with E-state index in [1.807, 2.05) is 0 Å². The van der Waals surface area contributed by atoms with E-state index in [2.05, 4.69) is 20.0 Å². The second kappa shape index (κ2) is 6.14. The van der Waals surface area contributed by atoms with Gasteiger partial charge < -0.3 is 19.6 Å². The largest absolute Gasteiger partial charge is 0.452 e. The van der Waals surface area contributed by atoms with Gasteiger partial charge in [0.25, 0.3) is 5.91 Å². The number of H-pyrrole nitrogens is 1. The van der Waals surface area contributed by atoms with Crippen LogP contribution in [0.5, 0.6) is 0 Å². The Morgan fingerprint density at radius 1 is 1.26 bits per heavy atom. The van der Waals surface area contributed by atoms with Crippen molar-refractivity contribution in [3.8, 4) is 0 Å². The van der Waals surface area contributed by atoms with Gasteiger partial charge in [-0.1, -0.05) is 23.4 Å². The molecule has 0 unspecified atom stereocenters. The molecule has 0 saturated carbocycles. The highest BCUT2D eigenvalue weighted by molar-refractivity contribution is 6.04. The SMILES string of the molecule is O=C(COC(=O)c1cc(=O)[nH]c2ccccc12)Nc1ccon1. The summed E-state index contributed by atoms with van der Waals surface area (Å²) in [6, 6.07) is 9.40. The fraction of sp³-hybridized carbons (Fsp3) is 0.0667. The molecule has 2 aromatic heterocycles. The van der Waals surface area contributed by atoms with Crippen molar-refractivity contribution >= 4 is 28.6 Å². The number of hydrogen-bond acceptors (Lipinski definition) is 6. The van der Waals surface area contributed by atoms with Gasteiger partial charge in [0.05, 0.1) is 5.56 Å². The topological polar surface area (TPSA) is 114 Å². The van der Waals surface area contributed by atoms with Crippen LogP contribution in [0.15, 0.2) is 52.0 Å². The summed E-state index contributed by atoms with van der Waals surface area (Å²) in [7, 11) is 0. The van der Waals surface area contributed by atoms with Crippen molar-refractivity contribution in [2.45, 2.75) is 0 Å². The Labute approximate surface area is 129 Å². The van der Waals surface area contributed by atoms with Crippen LogP contribution in [0.25, 0.3) is 10.9 Å². The van der Waals surface area contributed by atoms with E-state index in [1.54, 1.807) is 24.3 Å². The first-order valence-corrected chi connectivity index (χ1v) is 6.63. The molecule has 2 heterocycles. The number of aromatic amines is 1. The third-order valence-electron chi connectivity index (χ3n) is 3.01. The number of anilines is 1. The lowest BCUT2D eigenvalue weighted by atomic mass is 10.1. The van der Waals surface area contributed by atoms with Crippen molar-refractivity contribution in [3.05, 3.63) is 58.6 Å². The monoisotopic (exact) mass is 313 g/mol. The van der Waals surface area contributed by atoms with Crippen LogP contribution in [-0.2, 0) is 9.53 Å². The lowest BCUT2D eigenvalue weighted by Crippen LogP contribution is -2.22. The number of amides is 1. The summed E-state index contributed by atoms with van der Waals surface area (Å²) in [5, 5.41) is 6.43. The van der Waals surface area contributed by atoms with Crippen LogP contribution in [-0.4, -0.2) is 28.6 Å². The van der Waals surface area contributed by atoms with Gasteiger partial charge in [-0.05, 0) is 6.07 Å². The smallest absolute Gasteiger partial charge is 0.339 e. The zero-order valence-corrected chi connectivity index (χ0v) is 11.7. The van der Waals surface area contributed by atoms with Crippen LogP contribution < -0.4 is 10.9 Å². The molecule has 3 aromatic rings. The molecule has 0 aliphatic carbocycles. The van der Waals surface area contributed by atoms with Crippen LogP contribution in [0.4, 0.5) is 5.82 Å². The van der Waals surface area contributed by atoms with Gasteiger partial charge in [-0.2, -0.15) is 0 Å². The lowest BCUT2D eigenvalue weighted by Gasteiger charge is -2.07. The molecular formula is C15H11N3O5. The van der Waals surface area contributed by atoms with Crippen LogP contribution in [0, 0.1) is 0 Å². The number of rotatable bonds is 4. The number of benzene rings is 1. The fourth-order valence-corrected chi connectivity index (χ4v) is 2.04. The molecule has 8 heteroatoms. The van der Waals surface area contributed by atoms with Crippen LogP contribution in [0.2, 0.25) is 0 Å². The molecule has 0 radical (unpaired) electrons. The number of para-hydroxylation sites is 1. The van der Waals surface area contributed by atoms with E-state index in [-0.39, 0.29) is 11.4 Å². The first-order valence-electron chi connectivity index (χ1n) is 6.63. The molecule has 1 amide bonds. The Morgan fingerprint density at radius 3 is 2.87 bits per heavy atom. The van der Waals surface area contributed by atoms with Gasteiger partial charge in [0.2, 0.25) is 5.56 Å². The number of carbonyl (C=O) groups excluding carboxylic acids is 2. The molecule has 8 nitrogen and oxygen atoms in total. The Kier molecular flexibility index (Phi) is 3.88. The number of carbonyl (C=O) groups is 2. The minimum atomic E-state index is -0.761. The predicted octanol–water partition coefficient (Wildman–Crippen LogP) is 1.31. The van der Waals surface area contributed by atoms with E-state index in [4.69, 9.17) is 4.74 Å². The highest BCUT2D eigenvalue weighted by atomic mass is 16.5. The van der Waals surface area contributed by atoms with E-state index < -0.39 is 24.0 Å². The van der Waals surface area contributed by atoms with E-state index in [1.165, 1.54) is 12.3 Å². The summed E-state index contributed by atoms with van der Waals surface area (Å²) in [6.45, 7) is -0.507. The quantitative estimate of drug-likeness (QED) is 0.702. The molecule has 1 aromatic carbocycles. The van der Waals surface area contributed by atoms with Crippen molar-refractivity contribution in [3.63, 3.8) is 0 Å². The third-order valence-corrected chi connectivity index (χ3v) is 3.01. The molecule has 116 valence electrons. The Morgan fingerprint density at radius 2 is 2.09 bits per heavy atom. The number of esters is 1. The maximum absolute atomic E-state index is 12.1. The number of ether oxygens (including phenoxy) is 1. The van der Waals surface area contributed by atoms with Crippen LogP contribution in [0.1, 0.15) is 10.4 Å². The third kappa shape index (κ3) is 3.26. The van der Waals surface area contributed by atoms with E-state index >= 15 is 0 Å². The first kappa shape index (κ1) is 14.5. The normalized spacial score (nSPS) is 10.4. The van der Waals surface area contributed by atoms with Gasteiger partial charge in [-0.3, -0.25) is 9.59 Å². The van der Waals surface area contributed by atoms with Gasteiger partial charge in [-0.25, -0.2) is 4.79 Å². The zero-order valence-electron chi connectivity index (χ0n) is 11.7. The molecule has 0 aliphatic heterocycles. The molecule has 0 saturated heterocycles. The van der Waals surface area contributed by atoms with Gasteiger partial charge in [0.15, 0.2) is 12.4 Å². The number of pyridine rings is 1. The summed E-state index contributed by atoms with van der Waals surface area (Å²) < 4.78 is 9.50. The van der Waals surface area contributed by atoms with E-state index in [0.717, 1.165) is 6.07 Å². The maximum atomic E-state index is 12.1. The Hall–Kier alpha value is -3.42. The number of nitrogens with zero attached hydrogens (tertiary/aromatic N) is 1. The molecular weight excluding hydrogens is 302 g/mol. The highest BCUT2D eigenvalue weighted by Gasteiger charge is 2.15. The number of fused-ring (bicyclic) bond motifs is 1. The van der Waals surface area contributed by atoms with Gasteiger partial charge in [0.1, 0.15) is 6.26 Å². The number of hydrogen-bond donors (Lipinski definition) is 2. The second-order valence-electron chi connectivity index (χ2n) is 4.60. The van der Waals surface area contributed by atoms with Crippen molar-refractivity contribution in [1.82, 2.24) is 10.1 Å². The molecule has 0 fully saturated rings. The zero-order chi connectivity index (χ0) is 16.2. The van der Waals surface area contributed by atoms with Gasteiger partial charge >= 0.3 is 5.97 Å². The maximum Gasteiger partial charge on any atom is 0.339 e. The Balaban J connectivity index is 1.73. The summed E-state index contributed by atoms with van der Waals surface area (Å²) in [5.41, 5.74) is 0.181. The summed E-state index contributed by atoms with van der Waals surface area (Å²) in [4.78, 5) is 38.0. The predicted molar refractivity (Wildman–Crippen MR) is 80.0 cm³/mol. The van der Waals surface area contributed by atoms with E-state index in [0.29, 0.717) is 10.9 Å². The van der Waals surface area contributed by atoms with Crippen molar-refractivity contribution in [2.75, 3.05) is 11.9 Å². The fourth-order valence-electron chi connectivity index (χ4n) is 2.04. The molecule has 23 heavy (non-hydrogen) atoms. The molecule has 2 N–H and O–H groups in total. The van der Waals surface area contributed by atoms with Crippen molar-refractivity contribution < 1.29 is 18.8 Å². The number of aromatic nitrogens is 2. The second-order valence-corrected chi connectivity index (χ2v) is 4.60.